The van der Waals surface area contributed by atoms with E-state index in [1.165, 1.54) is 4.31 Å². The van der Waals surface area contributed by atoms with E-state index in [9.17, 15) is 13.2 Å². The highest BCUT2D eigenvalue weighted by molar-refractivity contribution is 7.92. The summed E-state index contributed by atoms with van der Waals surface area (Å²) in [7, 11) is -3.53. The van der Waals surface area contributed by atoms with E-state index in [1.807, 2.05) is 6.92 Å². The van der Waals surface area contributed by atoms with E-state index in [4.69, 9.17) is 9.47 Å². The number of hydrogen-bond donors (Lipinski definition) is 1. The standard InChI is InChI=1S/C16H26N2O5S/c1-6-22-14-10-8-7-9-13(14)18(24(5,20)21)12-11-17-15(19)23-16(2,3)4/h7-10H,6,11-12H2,1-5H3,(H,17,19). The van der Waals surface area contributed by atoms with E-state index < -0.39 is 21.7 Å². The van der Waals surface area contributed by atoms with Crippen LogP contribution in [0.1, 0.15) is 27.7 Å². The predicted molar refractivity (Wildman–Crippen MR) is 94.0 cm³/mol. The molecule has 0 aromatic heterocycles. The molecule has 0 spiro atoms. The monoisotopic (exact) mass is 358 g/mol. The zero-order valence-corrected chi connectivity index (χ0v) is 15.6. The van der Waals surface area contributed by atoms with Gasteiger partial charge in [0.25, 0.3) is 0 Å². The number of anilines is 1. The van der Waals surface area contributed by atoms with E-state index in [0.717, 1.165) is 6.26 Å². The van der Waals surface area contributed by atoms with Gasteiger partial charge < -0.3 is 14.8 Å². The fourth-order valence-electron chi connectivity index (χ4n) is 1.98. The van der Waals surface area contributed by atoms with Gasteiger partial charge >= 0.3 is 6.09 Å². The fourth-order valence-corrected chi connectivity index (χ4v) is 2.91. The van der Waals surface area contributed by atoms with Crippen molar-refractivity contribution in [2.75, 3.05) is 30.3 Å². The second kappa shape index (κ2) is 8.23. The number of benzene rings is 1. The lowest BCUT2D eigenvalue weighted by atomic mass is 10.2. The molecule has 0 atom stereocenters. The Morgan fingerprint density at radius 3 is 2.42 bits per heavy atom. The summed E-state index contributed by atoms with van der Waals surface area (Å²) in [6, 6.07) is 6.88. The van der Waals surface area contributed by atoms with Gasteiger partial charge in [0.2, 0.25) is 10.0 Å². The summed E-state index contributed by atoms with van der Waals surface area (Å²) in [6.45, 7) is 7.70. The van der Waals surface area contributed by atoms with Crippen molar-refractivity contribution in [3.8, 4) is 5.75 Å². The average Bonchev–Trinajstić information content (AvgIpc) is 2.42. The molecule has 0 saturated carbocycles. The molecule has 0 unspecified atom stereocenters. The molecule has 0 heterocycles. The van der Waals surface area contributed by atoms with Crippen LogP contribution in [0.3, 0.4) is 0 Å². The van der Waals surface area contributed by atoms with E-state index >= 15 is 0 Å². The molecule has 1 N–H and O–H groups in total. The number of amides is 1. The molecule has 136 valence electrons. The van der Waals surface area contributed by atoms with Crippen LogP contribution >= 0.6 is 0 Å². The van der Waals surface area contributed by atoms with Gasteiger partial charge in [-0.15, -0.1) is 0 Å². The first-order valence-corrected chi connectivity index (χ1v) is 9.56. The molecule has 1 aromatic rings. The molecule has 0 aliphatic heterocycles. The van der Waals surface area contributed by atoms with Crippen LogP contribution in [0.4, 0.5) is 10.5 Å². The number of nitrogens with one attached hydrogen (secondary N) is 1. The summed E-state index contributed by atoms with van der Waals surface area (Å²) in [6.07, 6.45) is 0.525. The Balaban J connectivity index is 2.84. The van der Waals surface area contributed by atoms with Crippen molar-refractivity contribution >= 4 is 21.8 Å². The zero-order valence-electron chi connectivity index (χ0n) is 14.8. The summed E-state index contributed by atoms with van der Waals surface area (Å²) in [5.41, 5.74) is -0.171. The summed E-state index contributed by atoms with van der Waals surface area (Å²) in [4.78, 5) is 11.7. The smallest absolute Gasteiger partial charge is 0.407 e. The summed E-state index contributed by atoms with van der Waals surface area (Å²) in [5, 5.41) is 2.55. The molecule has 0 aliphatic carbocycles. The Bertz CT molecular complexity index is 653. The number of rotatable bonds is 7. The molecule has 0 bridgehead atoms. The number of alkyl carbamates (subject to hydrolysis) is 1. The van der Waals surface area contributed by atoms with Gasteiger partial charge in [0.15, 0.2) is 0 Å². The first kappa shape index (κ1) is 20.1. The van der Waals surface area contributed by atoms with Crippen molar-refractivity contribution < 1.29 is 22.7 Å². The van der Waals surface area contributed by atoms with Crippen molar-refractivity contribution in [1.82, 2.24) is 5.32 Å². The van der Waals surface area contributed by atoms with Crippen molar-refractivity contribution in [1.29, 1.82) is 0 Å². The SMILES string of the molecule is CCOc1ccccc1N(CCNC(=O)OC(C)(C)C)S(C)(=O)=O. The lowest BCUT2D eigenvalue weighted by Crippen LogP contribution is -2.40. The van der Waals surface area contributed by atoms with Gasteiger partial charge in [0.05, 0.1) is 25.1 Å². The van der Waals surface area contributed by atoms with Gasteiger partial charge in [-0.3, -0.25) is 4.31 Å². The Morgan fingerprint density at radius 2 is 1.88 bits per heavy atom. The van der Waals surface area contributed by atoms with Crippen LogP contribution in [0, 0.1) is 0 Å². The van der Waals surface area contributed by atoms with Crippen LogP contribution in [0.5, 0.6) is 5.75 Å². The largest absolute Gasteiger partial charge is 0.492 e. The van der Waals surface area contributed by atoms with Crippen LogP contribution in [0.2, 0.25) is 0 Å². The molecule has 7 nitrogen and oxygen atoms in total. The minimum atomic E-state index is -3.53. The van der Waals surface area contributed by atoms with Crippen molar-refractivity contribution in [2.45, 2.75) is 33.3 Å². The third kappa shape index (κ3) is 6.66. The summed E-state index contributed by atoms with van der Waals surface area (Å²) in [5.74, 6) is 0.475. The van der Waals surface area contributed by atoms with Crippen molar-refractivity contribution in [3.63, 3.8) is 0 Å². The average molecular weight is 358 g/mol. The number of nitrogens with zero attached hydrogens (tertiary/aromatic N) is 1. The highest BCUT2D eigenvalue weighted by atomic mass is 32.2. The number of ether oxygens (including phenoxy) is 2. The van der Waals surface area contributed by atoms with Gasteiger partial charge in [-0.05, 0) is 39.8 Å². The second-order valence-electron chi connectivity index (χ2n) is 6.16. The molecule has 0 aliphatic rings. The molecular weight excluding hydrogens is 332 g/mol. The predicted octanol–water partition coefficient (Wildman–Crippen LogP) is 2.38. The second-order valence-corrected chi connectivity index (χ2v) is 8.07. The number of carbonyl (C=O) groups excluding carboxylic acids is 1. The lowest BCUT2D eigenvalue weighted by molar-refractivity contribution is 0.0529. The van der Waals surface area contributed by atoms with Crippen LogP contribution in [-0.4, -0.2) is 46.1 Å². The third-order valence-corrected chi connectivity index (χ3v) is 4.00. The molecule has 1 rings (SSSR count). The van der Waals surface area contributed by atoms with E-state index in [1.54, 1.807) is 45.0 Å². The third-order valence-electron chi connectivity index (χ3n) is 2.82. The maximum Gasteiger partial charge on any atom is 0.407 e. The first-order valence-electron chi connectivity index (χ1n) is 7.71. The maximum absolute atomic E-state index is 12.1. The molecule has 1 amide bonds. The molecule has 8 heteroatoms. The van der Waals surface area contributed by atoms with Gasteiger partial charge in [-0.2, -0.15) is 0 Å². The minimum absolute atomic E-state index is 0.0716. The molecular formula is C16H26N2O5S. The number of carbonyl (C=O) groups is 1. The highest BCUT2D eigenvalue weighted by Gasteiger charge is 2.22. The number of hydrogen-bond acceptors (Lipinski definition) is 5. The topological polar surface area (TPSA) is 84.9 Å². The molecule has 0 radical (unpaired) electrons. The van der Waals surface area contributed by atoms with Crippen LogP contribution in [-0.2, 0) is 14.8 Å². The zero-order chi connectivity index (χ0) is 18.4. The Labute approximate surface area is 144 Å². The van der Waals surface area contributed by atoms with Gasteiger partial charge in [0.1, 0.15) is 11.4 Å². The van der Waals surface area contributed by atoms with E-state index in [0.29, 0.717) is 18.0 Å². The van der Waals surface area contributed by atoms with E-state index in [-0.39, 0.29) is 13.1 Å². The Morgan fingerprint density at radius 1 is 1.25 bits per heavy atom. The molecule has 0 fully saturated rings. The fraction of sp³-hybridized carbons (Fsp3) is 0.562. The van der Waals surface area contributed by atoms with Crippen molar-refractivity contribution in [2.24, 2.45) is 0 Å². The molecule has 1 aromatic carbocycles. The van der Waals surface area contributed by atoms with E-state index in [2.05, 4.69) is 5.32 Å². The van der Waals surface area contributed by atoms with Gasteiger partial charge in [-0.25, -0.2) is 13.2 Å². The summed E-state index contributed by atoms with van der Waals surface area (Å²) >= 11 is 0. The van der Waals surface area contributed by atoms with Crippen LogP contribution < -0.4 is 14.4 Å². The van der Waals surface area contributed by atoms with Crippen LogP contribution in [0.25, 0.3) is 0 Å². The van der Waals surface area contributed by atoms with Crippen LogP contribution in [0.15, 0.2) is 24.3 Å². The maximum atomic E-state index is 12.1. The number of sulfonamides is 1. The highest BCUT2D eigenvalue weighted by Crippen LogP contribution is 2.29. The quantitative estimate of drug-likeness (QED) is 0.809. The Kier molecular flexibility index (Phi) is 6.89. The van der Waals surface area contributed by atoms with Gasteiger partial charge in [0, 0.05) is 6.54 Å². The van der Waals surface area contributed by atoms with Crippen molar-refractivity contribution in [3.05, 3.63) is 24.3 Å². The number of para-hydroxylation sites is 2. The first-order chi connectivity index (χ1) is 11.0. The lowest BCUT2D eigenvalue weighted by Gasteiger charge is -2.25. The normalized spacial score (nSPS) is 11.7. The molecule has 24 heavy (non-hydrogen) atoms. The Hall–Kier alpha value is -1.96. The minimum Gasteiger partial charge on any atom is -0.492 e. The summed E-state index contributed by atoms with van der Waals surface area (Å²) < 4.78 is 36.1. The molecule has 0 saturated heterocycles. The van der Waals surface area contributed by atoms with Gasteiger partial charge in [-0.1, -0.05) is 12.1 Å².